The minimum Gasteiger partial charge on any atom is -0.462 e. The van der Waals surface area contributed by atoms with E-state index >= 15 is 0 Å². The van der Waals surface area contributed by atoms with Gasteiger partial charge in [-0.15, -0.1) is 0 Å². The van der Waals surface area contributed by atoms with Crippen LogP contribution in [0.1, 0.15) is 284 Å². The molecular formula is C78H133NO8P+. The number of hydrogen-bond donors (Lipinski definition) is 1. The zero-order valence-corrected chi connectivity index (χ0v) is 58.1. The number of nitrogens with zero attached hydrogens (tertiary/aromatic N) is 1. The summed E-state index contributed by atoms with van der Waals surface area (Å²) < 4.78 is 34.7. The van der Waals surface area contributed by atoms with Gasteiger partial charge in [-0.1, -0.05) is 295 Å². The Kier molecular flexibility index (Phi) is 64.1. The van der Waals surface area contributed by atoms with Crippen LogP contribution in [0.5, 0.6) is 0 Å². The molecule has 0 saturated carbocycles. The molecule has 10 heteroatoms. The molecule has 0 aromatic rings. The van der Waals surface area contributed by atoms with Gasteiger partial charge in [0.2, 0.25) is 0 Å². The molecule has 0 spiro atoms. The van der Waals surface area contributed by atoms with Gasteiger partial charge in [-0.25, -0.2) is 4.57 Å². The number of carbonyl (C=O) groups excluding carboxylic acids is 2. The second kappa shape index (κ2) is 67.3. The molecule has 2 atom stereocenters. The summed E-state index contributed by atoms with van der Waals surface area (Å²) in [5, 5.41) is 0. The van der Waals surface area contributed by atoms with E-state index in [0.29, 0.717) is 17.4 Å². The van der Waals surface area contributed by atoms with Crippen molar-refractivity contribution in [1.29, 1.82) is 0 Å². The third kappa shape index (κ3) is 71.0. The predicted molar refractivity (Wildman–Crippen MR) is 380 cm³/mol. The van der Waals surface area contributed by atoms with Crippen LogP contribution in [-0.4, -0.2) is 74.9 Å². The number of quaternary nitrogens is 1. The van der Waals surface area contributed by atoms with Crippen molar-refractivity contribution in [2.75, 3.05) is 47.5 Å². The highest BCUT2D eigenvalue weighted by molar-refractivity contribution is 7.47. The zero-order valence-electron chi connectivity index (χ0n) is 57.2. The number of carbonyl (C=O) groups is 2. The van der Waals surface area contributed by atoms with Crippen molar-refractivity contribution in [1.82, 2.24) is 0 Å². The number of hydrogen-bond acceptors (Lipinski definition) is 7. The van der Waals surface area contributed by atoms with Crippen LogP contribution in [0, 0.1) is 0 Å². The molecule has 0 saturated heterocycles. The van der Waals surface area contributed by atoms with Gasteiger partial charge in [0.25, 0.3) is 0 Å². The molecular weight excluding hydrogens is 1110 g/mol. The normalized spacial score (nSPS) is 14.0. The molecule has 0 bridgehead atoms. The summed E-state index contributed by atoms with van der Waals surface area (Å²) in [5.74, 6) is -0.806. The molecule has 0 aliphatic heterocycles. The number of allylic oxidation sites excluding steroid dienone is 24. The molecule has 0 radical (unpaired) electrons. The minimum atomic E-state index is -4.40. The van der Waals surface area contributed by atoms with Crippen molar-refractivity contribution < 1.29 is 42.1 Å². The minimum absolute atomic E-state index is 0.0246. The second-order valence-electron chi connectivity index (χ2n) is 24.5. The molecule has 0 aliphatic rings. The molecule has 0 aromatic heterocycles. The maximum atomic E-state index is 12.9. The monoisotopic (exact) mass is 1240 g/mol. The summed E-state index contributed by atoms with van der Waals surface area (Å²) in [5.41, 5.74) is 0. The Morgan fingerprint density at radius 2 is 0.648 bits per heavy atom. The molecule has 0 amide bonds. The smallest absolute Gasteiger partial charge is 0.462 e. The Hall–Kier alpha value is -4.11. The summed E-state index contributed by atoms with van der Waals surface area (Å²) >= 11 is 0. The maximum absolute atomic E-state index is 12.9. The predicted octanol–water partition coefficient (Wildman–Crippen LogP) is 23.4. The van der Waals surface area contributed by atoms with Crippen LogP contribution >= 0.6 is 7.82 Å². The van der Waals surface area contributed by atoms with E-state index in [9.17, 15) is 19.0 Å². The van der Waals surface area contributed by atoms with Crippen LogP contribution in [0.25, 0.3) is 0 Å². The molecule has 0 fully saturated rings. The molecule has 9 nitrogen and oxygen atoms in total. The number of rotatable bonds is 64. The largest absolute Gasteiger partial charge is 0.472 e. The average molecular weight is 1240 g/mol. The zero-order chi connectivity index (χ0) is 64.1. The second-order valence-corrected chi connectivity index (χ2v) is 26.0. The molecule has 0 rings (SSSR count). The topological polar surface area (TPSA) is 108 Å². The Labute approximate surface area is 542 Å². The fourth-order valence-electron chi connectivity index (χ4n) is 9.43. The summed E-state index contributed by atoms with van der Waals surface area (Å²) in [4.78, 5) is 35.9. The van der Waals surface area contributed by atoms with E-state index in [2.05, 4.69) is 160 Å². The number of ether oxygens (including phenoxy) is 2. The first kappa shape index (κ1) is 83.9. The van der Waals surface area contributed by atoms with Crippen molar-refractivity contribution in [2.24, 2.45) is 0 Å². The van der Waals surface area contributed by atoms with Gasteiger partial charge in [-0.3, -0.25) is 18.6 Å². The fraction of sp³-hybridized carbons (Fsp3) is 0.667. The van der Waals surface area contributed by atoms with Crippen LogP contribution in [0.2, 0.25) is 0 Å². The highest BCUT2D eigenvalue weighted by Crippen LogP contribution is 2.43. The molecule has 0 heterocycles. The Morgan fingerprint density at radius 1 is 0.364 bits per heavy atom. The van der Waals surface area contributed by atoms with Gasteiger partial charge < -0.3 is 18.9 Å². The fourth-order valence-corrected chi connectivity index (χ4v) is 10.2. The third-order valence-electron chi connectivity index (χ3n) is 14.9. The lowest BCUT2D eigenvalue weighted by atomic mass is 10.0. The Balaban J connectivity index is 4.09. The molecule has 502 valence electrons. The van der Waals surface area contributed by atoms with Gasteiger partial charge >= 0.3 is 19.8 Å². The van der Waals surface area contributed by atoms with Gasteiger partial charge in [-0.2, -0.15) is 0 Å². The van der Waals surface area contributed by atoms with E-state index in [1.807, 2.05) is 21.1 Å². The van der Waals surface area contributed by atoms with Crippen LogP contribution in [0.15, 0.2) is 146 Å². The first-order chi connectivity index (χ1) is 43.0. The van der Waals surface area contributed by atoms with E-state index in [4.69, 9.17) is 18.5 Å². The van der Waals surface area contributed by atoms with E-state index < -0.39 is 26.5 Å². The first-order valence-electron chi connectivity index (χ1n) is 35.6. The van der Waals surface area contributed by atoms with Crippen LogP contribution in [0.3, 0.4) is 0 Å². The van der Waals surface area contributed by atoms with Crippen LogP contribution < -0.4 is 0 Å². The third-order valence-corrected chi connectivity index (χ3v) is 15.8. The van der Waals surface area contributed by atoms with Gasteiger partial charge in [0, 0.05) is 12.8 Å². The van der Waals surface area contributed by atoms with Crippen LogP contribution in [-0.2, 0) is 32.7 Å². The number of likely N-dealkylation sites (N-methyl/N-ethyl adjacent to an activating group) is 1. The number of esters is 2. The van der Waals surface area contributed by atoms with Crippen molar-refractivity contribution in [2.45, 2.75) is 290 Å². The van der Waals surface area contributed by atoms with E-state index in [1.54, 1.807) is 0 Å². The Bertz CT molecular complexity index is 2000. The molecule has 2 unspecified atom stereocenters. The van der Waals surface area contributed by atoms with Gasteiger partial charge in [0.15, 0.2) is 6.10 Å². The lowest BCUT2D eigenvalue weighted by molar-refractivity contribution is -0.870. The summed E-state index contributed by atoms with van der Waals surface area (Å²) in [6.45, 7) is 4.31. The summed E-state index contributed by atoms with van der Waals surface area (Å²) in [7, 11) is 1.46. The highest BCUT2D eigenvalue weighted by atomic mass is 31.2. The van der Waals surface area contributed by atoms with Crippen molar-refractivity contribution in [3.05, 3.63) is 146 Å². The lowest BCUT2D eigenvalue weighted by Gasteiger charge is -2.24. The van der Waals surface area contributed by atoms with Crippen LogP contribution in [0.4, 0.5) is 0 Å². The molecule has 0 aliphatic carbocycles. The van der Waals surface area contributed by atoms with Crippen molar-refractivity contribution >= 4 is 19.8 Å². The number of phosphoric ester groups is 1. The van der Waals surface area contributed by atoms with Crippen molar-refractivity contribution in [3.63, 3.8) is 0 Å². The van der Waals surface area contributed by atoms with Crippen molar-refractivity contribution in [3.8, 4) is 0 Å². The van der Waals surface area contributed by atoms with Gasteiger partial charge in [0.1, 0.15) is 19.8 Å². The SMILES string of the molecule is CC/C=C\C/C=C\C/C=C\C/C=C\C/C=C\C/C=C\C/C=C\C/C=C\C/C=C\C/C=C\CCCCCCCCCCCCC(=O)OC(COC(=O)CCCCCCCCCCCCC/C=C\C/C=C\CCCCCCC)COP(=O)(O)OCC[N+](C)(C)C. The molecule has 88 heavy (non-hydrogen) atoms. The summed E-state index contributed by atoms with van der Waals surface area (Å²) in [6.07, 6.45) is 99.4. The number of phosphoric acid groups is 1. The molecule has 1 N–H and O–H groups in total. The highest BCUT2D eigenvalue weighted by Gasteiger charge is 2.27. The molecule has 0 aromatic carbocycles. The maximum Gasteiger partial charge on any atom is 0.472 e. The average Bonchev–Trinajstić information content (AvgIpc) is 3.58. The number of unbranched alkanes of at least 4 members (excludes halogenated alkanes) is 26. The van der Waals surface area contributed by atoms with E-state index in [1.165, 1.54) is 135 Å². The van der Waals surface area contributed by atoms with E-state index in [-0.39, 0.29) is 32.0 Å². The van der Waals surface area contributed by atoms with E-state index in [0.717, 1.165) is 116 Å². The first-order valence-corrected chi connectivity index (χ1v) is 37.1. The Morgan fingerprint density at radius 3 is 0.966 bits per heavy atom. The van der Waals surface area contributed by atoms with Gasteiger partial charge in [-0.05, 0) is 122 Å². The quantitative estimate of drug-likeness (QED) is 0.0211. The summed E-state index contributed by atoms with van der Waals surface area (Å²) in [6, 6.07) is 0. The van der Waals surface area contributed by atoms with Gasteiger partial charge in [0.05, 0.1) is 27.7 Å². The standard InChI is InChI=1S/C78H132NO8P/c1-6-8-10-12-14-16-18-20-22-24-26-28-30-31-32-33-34-35-36-37-38-39-40-41-42-43-44-45-46-47-49-51-53-55-57-59-61-63-65-67-69-71-78(81)87-76(75-86-88(82,83)85-73-72-79(3,4)5)74-84-77(80)70-68-66-64-62-60-58-56-54-52-50-48-29-27-25-23-21-19-17-15-13-11-9-7-2/h8,10,14,16,19-22,25-28,31-32,34-35,37-38,40-41,43-44,46-47,76H,6-7,9,11-13,15,17-18,23-24,29-30,33,36,39,42,45,48-75H2,1-5H3/p+1/b10-8-,16-14-,21-19-,22-20-,27-25-,28-26-,32-31-,35-34-,38-37-,41-40-,44-43-,47-46-. The lowest BCUT2D eigenvalue weighted by Crippen LogP contribution is -2.37.